The average Bonchev–Trinajstić information content (AvgIpc) is 3.23. The first-order valence-electron chi connectivity index (χ1n) is 6.66. The van der Waals surface area contributed by atoms with Crippen LogP contribution in [0.4, 0.5) is 13.2 Å². The van der Waals surface area contributed by atoms with Gasteiger partial charge in [-0.15, -0.1) is 0 Å². The molecule has 1 fully saturated rings. The number of carbonyl (C=O) groups excluding carboxylic acids is 1. The fourth-order valence-electron chi connectivity index (χ4n) is 2.87. The minimum absolute atomic E-state index is 0.0490. The number of alkyl halides is 3. The van der Waals surface area contributed by atoms with Crippen molar-refractivity contribution in [2.24, 2.45) is 0 Å². The first-order valence-corrected chi connectivity index (χ1v) is 6.66. The summed E-state index contributed by atoms with van der Waals surface area (Å²) in [5.74, 6) is 0.0490. The second kappa shape index (κ2) is 4.72. The number of carbonyl (C=O) groups is 1. The van der Waals surface area contributed by atoms with E-state index < -0.39 is 17.2 Å². The first-order chi connectivity index (χ1) is 9.97. The van der Waals surface area contributed by atoms with Crippen molar-refractivity contribution in [2.45, 2.75) is 23.9 Å². The van der Waals surface area contributed by atoms with Crippen LogP contribution in [0.5, 0.6) is 0 Å². The molecular weight excluding hydrogens is 277 g/mol. The average molecular weight is 290 g/mol. The molecule has 108 valence electrons. The summed E-state index contributed by atoms with van der Waals surface area (Å²) in [6.45, 7) is 0. The standard InChI is InChI=1S/C17H13F3O/c18-17(19,20)14-8-6-13(7-9-14)16(11-21)10-15(16)12-4-2-1-3-5-12/h1-9,11,15H,10H2/t15-,16-/m1/s1. The molecule has 2 aromatic carbocycles. The largest absolute Gasteiger partial charge is 0.416 e. The predicted molar refractivity (Wildman–Crippen MR) is 73.0 cm³/mol. The number of rotatable bonds is 3. The lowest BCUT2D eigenvalue weighted by Crippen LogP contribution is -2.12. The van der Waals surface area contributed by atoms with Crippen LogP contribution in [0.1, 0.15) is 29.0 Å². The highest BCUT2D eigenvalue weighted by Crippen LogP contribution is 2.59. The number of aldehydes is 1. The maximum Gasteiger partial charge on any atom is 0.416 e. The Morgan fingerprint density at radius 1 is 1.00 bits per heavy atom. The third kappa shape index (κ3) is 2.35. The van der Waals surface area contributed by atoms with E-state index in [1.54, 1.807) is 0 Å². The van der Waals surface area contributed by atoms with E-state index >= 15 is 0 Å². The fraction of sp³-hybridized carbons (Fsp3) is 0.235. The summed E-state index contributed by atoms with van der Waals surface area (Å²) in [5.41, 5.74) is 0.332. The fourth-order valence-corrected chi connectivity index (χ4v) is 2.87. The second-order valence-electron chi connectivity index (χ2n) is 5.40. The lowest BCUT2D eigenvalue weighted by Gasteiger charge is -2.13. The molecule has 1 nitrogen and oxygen atoms in total. The zero-order valence-corrected chi connectivity index (χ0v) is 11.1. The van der Waals surface area contributed by atoms with Crippen molar-refractivity contribution in [3.8, 4) is 0 Å². The van der Waals surface area contributed by atoms with Gasteiger partial charge >= 0.3 is 6.18 Å². The van der Waals surface area contributed by atoms with E-state index in [0.29, 0.717) is 12.0 Å². The van der Waals surface area contributed by atoms with Crippen LogP contribution in [0, 0.1) is 0 Å². The Morgan fingerprint density at radius 2 is 1.62 bits per heavy atom. The van der Waals surface area contributed by atoms with Gasteiger partial charge in [0.05, 0.1) is 11.0 Å². The number of hydrogen-bond acceptors (Lipinski definition) is 1. The first kappa shape index (κ1) is 13.9. The van der Waals surface area contributed by atoms with E-state index in [-0.39, 0.29) is 5.92 Å². The van der Waals surface area contributed by atoms with E-state index in [9.17, 15) is 18.0 Å². The molecule has 0 spiro atoms. The van der Waals surface area contributed by atoms with Gasteiger partial charge < -0.3 is 4.79 Å². The zero-order chi connectivity index (χ0) is 15.1. The van der Waals surface area contributed by atoms with E-state index in [1.807, 2.05) is 30.3 Å². The Kier molecular flexibility index (Phi) is 3.12. The molecular formula is C17H13F3O. The summed E-state index contributed by atoms with van der Waals surface area (Å²) in [6.07, 6.45) is -2.84. The van der Waals surface area contributed by atoms with Gasteiger partial charge in [0.25, 0.3) is 0 Å². The molecule has 0 aromatic heterocycles. The van der Waals surface area contributed by atoms with Gasteiger partial charge in [0, 0.05) is 5.92 Å². The van der Waals surface area contributed by atoms with Crippen LogP contribution in [-0.4, -0.2) is 6.29 Å². The van der Waals surface area contributed by atoms with Gasteiger partial charge in [-0.2, -0.15) is 13.2 Å². The molecule has 1 aliphatic carbocycles. The van der Waals surface area contributed by atoms with Crippen LogP contribution in [-0.2, 0) is 16.4 Å². The molecule has 2 aromatic rings. The van der Waals surface area contributed by atoms with Crippen molar-refractivity contribution in [1.82, 2.24) is 0 Å². The quantitative estimate of drug-likeness (QED) is 0.769. The van der Waals surface area contributed by atoms with Gasteiger partial charge in [0.1, 0.15) is 6.29 Å². The lowest BCUT2D eigenvalue weighted by atomic mass is 9.91. The molecule has 0 heterocycles. The van der Waals surface area contributed by atoms with Gasteiger partial charge in [-0.1, -0.05) is 42.5 Å². The Balaban J connectivity index is 1.91. The van der Waals surface area contributed by atoms with Gasteiger partial charge in [-0.05, 0) is 29.7 Å². The van der Waals surface area contributed by atoms with Crippen LogP contribution in [0.25, 0.3) is 0 Å². The molecule has 0 unspecified atom stereocenters. The number of hydrogen-bond donors (Lipinski definition) is 0. The van der Waals surface area contributed by atoms with Crippen molar-refractivity contribution in [3.63, 3.8) is 0 Å². The van der Waals surface area contributed by atoms with Gasteiger partial charge in [-0.25, -0.2) is 0 Å². The summed E-state index contributed by atoms with van der Waals surface area (Å²) in [4.78, 5) is 11.5. The van der Waals surface area contributed by atoms with Crippen molar-refractivity contribution >= 4 is 6.29 Å². The zero-order valence-electron chi connectivity index (χ0n) is 11.1. The third-order valence-corrected chi connectivity index (χ3v) is 4.17. The molecule has 0 aliphatic heterocycles. The molecule has 0 saturated heterocycles. The maximum atomic E-state index is 12.6. The summed E-state index contributed by atoms with van der Waals surface area (Å²) < 4.78 is 37.8. The molecule has 0 amide bonds. The molecule has 0 N–H and O–H groups in total. The molecule has 0 radical (unpaired) electrons. The van der Waals surface area contributed by atoms with Crippen molar-refractivity contribution < 1.29 is 18.0 Å². The van der Waals surface area contributed by atoms with E-state index in [2.05, 4.69) is 0 Å². The molecule has 21 heavy (non-hydrogen) atoms. The highest BCUT2D eigenvalue weighted by atomic mass is 19.4. The Hall–Kier alpha value is -2.10. The SMILES string of the molecule is O=C[C@@]1(c2ccc(C(F)(F)F)cc2)C[C@@H]1c1ccccc1. The predicted octanol–water partition coefficient (Wildman–Crippen LogP) is 4.33. The summed E-state index contributed by atoms with van der Waals surface area (Å²) in [6, 6.07) is 14.5. The minimum atomic E-state index is -4.35. The highest BCUT2D eigenvalue weighted by molar-refractivity contribution is 5.77. The molecule has 3 rings (SSSR count). The van der Waals surface area contributed by atoms with Crippen LogP contribution in [0.3, 0.4) is 0 Å². The van der Waals surface area contributed by atoms with E-state index in [1.165, 1.54) is 12.1 Å². The smallest absolute Gasteiger partial charge is 0.302 e. The highest BCUT2D eigenvalue weighted by Gasteiger charge is 2.56. The van der Waals surface area contributed by atoms with E-state index in [0.717, 1.165) is 24.0 Å². The van der Waals surface area contributed by atoms with Crippen molar-refractivity contribution in [1.29, 1.82) is 0 Å². The summed E-state index contributed by atoms with van der Waals surface area (Å²) >= 11 is 0. The van der Waals surface area contributed by atoms with Gasteiger partial charge in [0.15, 0.2) is 0 Å². The summed E-state index contributed by atoms with van der Waals surface area (Å²) in [5, 5.41) is 0. The van der Waals surface area contributed by atoms with Gasteiger partial charge in [0.2, 0.25) is 0 Å². The molecule has 1 saturated carbocycles. The van der Waals surface area contributed by atoms with Crippen molar-refractivity contribution in [2.75, 3.05) is 0 Å². The second-order valence-corrected chi connectivity index (χ2v) is 5.40. The van der Waals surface area contributed by atoms with Crippen LogP contribution >= 0.6 is 0 Å². The van der Waals surface area contributed by atoms with Crippen LogP contribution < -0.4 is 0 Å². The van der Waals surface area contributed by atoms with E-state index in [4.69, 9.17) is 0 Å². The van der Waals surface area contributed by atoms with Crippen LogP contribution in [0.15, 0.2) is 54.6 Å². The third-order valence-electron chi connectivity index (χ3n) is 4.17. The molecule has 0 bridgehead atoms. The number of halogens is 3. The topological polar surface area (TPSA) is 17.1 Å². The number of benzene rings is 2. The van der Waals surface area contributed by atoms with Gasteiger partial charge in [-0.3, -0.25) is 0 Å². The Bertz CT molecular complexity index is 646. The van der Waals surface area contributed by atoms with Crippen molar-refractivity contribution in [3.05, 3.63) is 71.3 Å². The molecule has 4 heteroatoms. The lowest BCUT2D eigenvalue weighted by molar-refractivity contribution is -0.137. The Morgan fingerprint density at radius 3 is 2.14 bits per heavy atom. The Labute approximate surface area is 120 Å². The minimum Gasteiger partial charge on any atom is -0.302 e. The summed E-state index contributed by atoms with van der Waals surface area (Å²) in [7, 11) is 0. The molecule has 2 atom stereocenters. The van der Waals surface area contributed by atoms with Crippen LogP contribution in [0.2, 0.25) is 0 Å². The molecule has 1 aliphatic rings. The monoisotopic (exact) mass is 290 g/mol. The normalized spacial score (nSPS) is 24.6. The maximum absolute atomic E-state index is 12.6.